The molecule has 0 fully saturated rings. The minimum absolute atomic E-state index is 0.238. The standard InChI is InChI=1S/C23H26N2O2/c1-15(2)19-11-17(7-9-21(19)26-13-24)23(5,6)18-8-10-22(27-14-25)20(12-18)16(3)4/h7-12,15-16H,1-6H3. The molecule has 2 aromatic carbocycles. The Morgan fingerprint density at radius 1 is 0.741 bits per heavy atom. The molecule has 0 amide bonds. The molecule has 0 heterocycles. The first-order chi connectivity index (χ1) is 12.7. The van der Waals surface area contributed by atoms with E-state index in [0.717, 1.165) is 22.3 Å². The minimum atomic E-state index is -0.260. The quantitative estimate of drug-likeness (QED) is 0.593. The maximum atomic E-state index is 8.88. The van der Waals surface area contributed by atoms with E-state index in [1.807, 2.05) is 24.3 Å². The summed E-state index contributed by atoms with van der Waals surface area (Å²) in [7, 11) is 0. The normalized spacial score (nSPS) is 11.2. The third kappa shape index (κ3) is 4.23. The molecule has 0 aromatic heterocycles. The molecular formula is C23H26N2O2. The number of nitriles is 2. The summed E-state index contributed by atoms with van der Waals surface area (Å²) in [4.78, 5) is 0. The van der Waals surface area contributed by atoms with Crippen LogP contribution in [0.3, 0.4) is 0 Å². The largest absolute Gasteiger partial charge is 0.388 e. The molecule has 0 saturated carbocycles. The van der Waals surface area contributed by atoms with Crippen LogP contribution in [0.4, 0.5) is 0 Å². The first-order valence-electron chi connectivity index (χ1n) is 9.13. The highest BCUT2D eigenvalue weighted by atomic mass is 16.5. The molecule has 0 N–H and O–H groups in total. The van der Waals surface area contributed by atoms with Crippen LogP contribution in [-0.2, 0) is 5.41 Å². The van der Waals surface area contributed by atoms with Crippen LogP contribution in [0.15, 0.2) is 36.4 Å². The van der Waals surface area contributed by atoms with E-state index in [1.54, 1.807) is 12.5 Å². The molecule has 0 saturated heterocycles. The first kappa shape index (κ1) is 20.3. The van der Waals surface area contributed by atoms with Crippen LogP contribution in [0, 0.1) is 23.0 Å². The van der Waals surface area contributed by atoms with E-state index in [0.29, 0.717) is 11.5 Å². The topological polar surface area (TPSA) is 66.0 Å². The van der Waals surface area contributed by atoms with Crippen LogP contribution in [0.25, 0.3) is 0 Å². The van der Waals surface area contributed by atoms with Crippen LogP contribution in [-0.4, -0.2) is 0 Å². The smallest absolute Gasteiger partial charge is 0.292 e. The van der Waals surface area contributed by atoms with E-state index in [-0.39, 0.29) is 17.3 Å². The molecule has 0 unspecified atom stereocenters. The Morgan fingerprint density at radius 2 is 1.11 bits per heavy atom. The summed E-state index contributed by atoms with van der Waals surface area (Å²) >= 11 is 0. The van der Waals surface area contributed by atoms with Gasteiger partial charge in [0.1, 0.15) is 11.5 Å². The Hall–Kier alpha value is -2.98. The number of rotatable bonds is 6. The molecule has 0 radical (unpaired) electrons. The molecule has 2 rings (SSSR count). The van der Waals surface area contributed by atoms with Gasteiger partial charge < -0.3 is 9.47 Å². The minimum Gasteiger partial charge on any atom is -0.388 e. The van der Waals surface area contributed by atoms with E-state index in [9.17, 15) is 0 Å². The van der Waals surface area contributed by atoms with Gasteiger partial charge in [-0.2, -0.15) is 0 Å². The fourth-order valence-corrected chi connectivity index (χ4v) is 3.23. The molecule has 0 aliphatic heterocycles. The third-order valence-corrected chi connectivity index (χ3v) is 5.02. The Labute approximate surface area is 162 Å². The Morgan fingerprint density at radius 3 is 1.41 bits per heavy atom. The molecule has 0 spiro atoms. The summed E-state index contributed by atoms with van der Waals surface area (Å²) in [5, 5.41) is 17.8. The second-order valence-electron chi connectivity index (χ2n) is 7.83. The average Bonchev–Trinajstić information content (AvgIpc) is 2.62. The lowest BCUT2D eigenvalue weighted by molar-refractivity contribution is 0.493. The maximum absolute atomic E-state index is 8.88. The van der Waals surface area contributed by atoms with Crippen LogP contribution >= 0.6 is 0 Å². The fraction of sp³-hybridized carbons (Fsp3) is 0.391. The van der Waals surface area contributed by atoms with Gasteiger partial charge in [0.15, 0.2) is 0 Å². The second-order valence-corrected chi connectivity index (χ2v) is 7.83. The van der Waals surface area contributed by atoms with E-state index in [2.05, 4.69) is 53.7 Å². The molecule has 0 aliphatic carbocycles. The Kier molecular flexibility index (Phi) is 6.13. The molecule has 0 bridgehead atoms. The summed E-state index contributed by atoms with van der Waals surface area (Å²) in [5.74, 6) is 1.68. The predicted octanol–water partition coefficient (Wildman–Crippen LogP) is 5.98. The lowest BCUT2D eigenvalue weighted by atomic mass is 9.76. The molecule has 4 heteroatoms. The van der Waals surface area contributed by atoms with Crippen molar-refractivity contribution in [3.63, 3.8) is 0 Å². The van der Waals surface area contributed by atoms with Crippen LogP contribution < -0.4 is 9.47 Å². The van der Waals surface area contributed by atoms with E-state index in [1.165, 1.54) is 0 Å². The summed E-state index contributed by atoms with van der Waals surface area (Å²) in [6.45, 7) is 12.7. The van der Waals surface area contributed by atoms with Crippen LogP contribution in [0.1, 0.15) is 75.6 Å². The van der Waals surface area contributed by atoms with Crippen molar-refractivity contribution in [3.8, 4) is 24.0 Å². The van der Waals surface area contributed by atoms with Gasteiger partial charge in [-0.05, 0) is 46.2 Å². The van der Waals surface area contributed by atoms with Gasteiger partial charge in [0.2, 0.25) is 0 Å². The van der Waals surface area contributed by atoms with Crippen molar-refractivity contribution in [2.45, 2.75) is 58.8 Å². The molecule has 0 atom stereocenters. The summed E-state index contributed by atoms with van der Waals surface area (Å²) in [6.07, 6.45) is 3.53. The highest BCUT2D eigenvalue weighted by Crippen LogP contribution is 2.39. The second kappa shape index (κ2) is 8.14. The van der Waals surface area contributed by atoms with Gasteiger partial charge in [0.05, 0.1) is 0 Å². The van der Waals surface area contributed by atoms with Crippen LogP contribution in [0.2, 0.25) is 0 Å². The van der Waals surface area contributed by atoms with Gasteiger partial charge in [-0.1, -0.05) is 65.8 Å². The predicted molar refractivity (Wildman–Crippen MR) is 106 cm³/mol. The number of benzene rings is 2. The summed E-state index contributed by atoms with van der Waals surface area (Å²) in [5.41, 5.74) is 4.04. The van der Waals surface area contributed by atoms with Crippen molar-refractivity contribution >= 4 is 0 Å². The number of nitrogens with zero attached hydrogens (tertiary/aromatic N) is 2. The molecule has 4 nitrogen and oxygen atoms in total. The van der Waals surface area contributed by atoms with Gasteiger partial charge >= 0.3 is 0 Å². The highest BCUT2D eigenvalue weighted by Gasteiger charge is 2.26. The first-order valence-corrected chi connectivity index (χ1v) is 9.13. The summed E-state index contributed by atoms with van der Waals surface area (Å²) in [6, 6.07) is 12.0. The van der Waals surface area contributed by atoms with Crippen molar-refractivity contribution in [2.75, 3.05) is 0 Å². The summed E-state index contributed by atoms with van der Waals surface area (Å²) < 4.78 is 10.2. The van der Waals surface area contributed by atoms with Crippen LogP contribution in [0.5, 0.6) is 11.5 Å². The third-order valence-electron chi connectivity index (χ3n) is 5.02. The van der Waals surface area contributed by atoms with Crippen molar-refractivity contribution in [1.29, 1.82) is 10.5 Å². The zero-order valence-electron chi connectivity index (χ0n) is 16.8. The number of hydrogen-bond acceptors (Lipinski definition) is 4. The molecule has 0 aliphatic rings. The van der Waals surface area contributed by atoms with E-state index >= 15 is 0 Å². The van der Waals surface area contributed by atoms with Crippen molar-refractivity contribution < 1.29 is 9.47 Å². The molecule has 140 valence electrons. The highest BCUT2D eigenvalue weighted by molar-refractivity contribution is 5.49. The van der Waals surface area contributed by atoms with Crippen molar-refractivity contribution in [2.24, 2.45) is 0 Å². The molecule has 27 heavy (non-hydrogen) atoms. The SMILES string of the molecule is CC(C)c1cc(C(C)(C)c2ccc(OC#N)c(C(C)C)c2)ccc1OC#N. The van der Waals surface area contributed by atoms with Gasteiger partial charge in [0, 0.05) is 5.41 Å². The van der Waals surface area contributed by atoms with E-state index < -0.39 is 0 Å². The average molecular weight is 362 g/mol. The molecular weight excluding hydrogens is 336 g/mol. The van der Waals surface area contributed by atoms with Crippen molar-refractivity contribution in [1.82, 2.24) is 0 Å². The van der Waals surface area contributed by atoms with E-state index in [4.69, 9.17) is 20.0 Å². The zero-order valence-corrected chi connectivity index (χ0v) is 16.8. The number of hydrogen-bond donors (Lipinski definition) is 0. The lowest BCUT2D eigenvalue weighted by Gasteiger charge is -2.28. The monoisotopic (exact) mass is 362 g/mol. The Balaban J connectivity index is 2.55. The van der Waals surface area contributed by atoms with Gasteiger partial charge in [-0.15, -0.1) is 10.5 Å². The molecule has 2 aromatic rings. The van der Waals surface area contributed by atoms with Gasteiger partial charge in [-0.25, -0.2) is 0 Å². The zero-order chi connectivity index (χ0) is 20.2. The fourth-order valence-electron chi connectivity index (χ4n) is 3.23. The van der Waals surface area contributed by atoms with Gasteiger partial charge in [0.25, 0.3) is 12.5 Å². The maximum Gasteiger partial charge on any atom is 0.292 e. The Bertz CT molecular complexity index is 826. The number of ether oxygens (including phenoxy) is 2. The van der Waals surface area contributed by atoms with Crippen molar-refractivity contribution in [3.05, 3.63) is 58.7 Å². The van der Waals surface area contributed by atoms with Gasteiger partial charge in [-0.3, -0.25) is 0 Å². The lowest BCUT2D eigenvalue weighted by Crippen LogP contribution is -2.20.